The van der Waals surface area contributed by atoms with Crippen LogP contribution in [-0.4, -0.2) is 11.2 Å². The third-order valence-electron chi connectivity index (χ3n) is 2.74. The maximum atomic E-state index is 9.84. The lowest BCUT2D eigenvalue weighted by molar-refractivity contribution is 0.0961. The first-order valence-electron chi connectivity index (χ1n) is 4.82. The second-order valence-corrected chi connectivity index (χ2v) is 4.01. The molecule has 1 rings (SSSR count). The summed E-state index contributed by atoms with van der Waals surface area (Å²) in [5.41, 5.74) is 1.06. The molecule has 0 unspecified atom stereocenters. The van der Waals surface area contributed by atoms with Gasteiger partial charge in [-0.05, 0) is 12.0 Å². The van der Waals surface area contributed by atoms with Crippen LogP contribution in [0, 0.1) is 0 Å². The monoisotopic (exact) mass is 178 g/mol. The Balaban J connectivity index is 2.93. The van der Waals surface area contributed by atoms with Crippen molar-refractivity contribution in [1.29, 1.82) is 0 Å². The molecule has 1 heteroatoms. The molecular weight excluding hydrogens is 160 g/mol. The third-order valence-corrected chi connectivity index (χ3v) is 2.74. The molecule has 0 aliphatic carbocycles. The van der Waals surface area contributed by atoms with Crippen LogP contribution in [0.5, 0.6) is 0 Å². The number of aliphatic hydroxyl groups is 1. The standard InChI is InChI=1S/C12H18O/c1-4-11(13)12(2,3)10-8-6-5-7-9-10/h5-9,11,13H,4H2,1-3H3/t11-/m0/s1. The third kappa shape index (κ3) is 2.10. The van der Waals surface area contributed by atoms with Gasteiger partial charge in [0.2, 0.25) is 0 Å². The van der Waals surface area contributed by atoms with Crippen LogP contribution < -0.4 is 0 Å². The Morgan fingerprint density at radius 2 is 1.77 bits per heavy atom. The van der Waals surface area contributed by atoms with Crippen molar-refractivity contribution in [2.45, 2.75) is 38.7 Å². The lowest BCUT2D eigenvalue weighted by atomic mass is 9.78. The van der Waals surface area contributed by atoms with E-state index in [-0.39, 0.29) is 11.5 Å². The number of hydrogen-bond acceptors (Lipinski definition) is 1. The van der Waals surface area contributed by atoms with Crippen LogP contribution in [0.15, 0.2) is 30.3 Å². The Morgan fingerprint density at radius 3 is 2.23 bits per heavy atom. The molecule has 1 aromatic carbocycles. The van der Waals surface area contributed by atoms with Crippen molar-refractivity contribution in [3.63, 3.8) is 0 Å². The molecule has 13 heavy (non-hydrogen) atoms. The van der Waals surface area contributed by atoms with Crippen molar-refractivity contribution in [1.82, 2.24) is 0 Å². The molecule has 0 amide bonds. The van der Waals surface area contributed by atoms with Crippen molar-refractivity contribution in [2.75, 3.05) is 0 Å². The fraction of sp³-hybridized carbons (Fsp3) is 0.500. The smallest absolute Gasteiger partial charge is 0.0628 e. The van der Waals surface area contributed by atoms with Crippen molar-refractivity contribution in [2.24, 2.45) is 0 Å². The van der Waals surface area contributed by atoms with Crippen molar-refractivity contribution in [3.05, 3.63) is 35.9 Å². The van der Waals surface area contributed by atoms with E-state index >= 15 is 0 Å². The van der Waals surface area contributed by atoms with Gasteiger partial charge in [0, 0.05) is 5.41 Å². The van der Waals surface area contributed by atoms with Crippen molar-refractivity contribution < 1.29 is 5.11 Å². The van der Waals surface area contributed by atoms with Gasteiger partial charge in [-0.25, -0.2) is 0 Å². The Labute approximate surface area is 80.4 Å². The highest BCUT2D eigenvalue weighted by atomic mass is 16.3. The molecule has 1 N–H and O–H groups in total. The van der Waals surface area contributed by atoms with Crippen molar-refractivity contribution in [3.8, 4) is 0 Å². The topological polar surface area (TPSA) is 20.2 Å². The SMILES string of the molecule is CC[C@H](O)C(C)(C)c1ccccc1. The highest BCUT2D eigenvalue weighted by molar-refractivity contribution is 5.24. The number of benzene rings is 1. The summed E-state index contributed by atoms with van der Waals surface area (Å²) in [4.78, 5) is 0. The lowest BCUT2D eigenvalue weighted by Crippen LogP contribution is -2.32. The van der Waals surface area contributed by atoms with Gasteiger partial charge in [-0.3, -0.25) is 0 Å². The molecule has 0 saturated carbocycles. The zero-order valence-corrected chi connectivity index (χ0v) is 8.62. The first-order chi connectivity index (χ1) is 6.09. The predicted molar refractivity (Wildman–Crippen MR) is 55.8 cm³/mol. The summed E-state index contributed by atoms with van der Waals surface area (Å²) in [7, 11) is 0. The van der Waals surface area contributed by atoms with E-state index in [0.29, 0.717) is 0 Å². The van der Waals surface area contributed by atoms with Crippen LogP contribution in [0.4, 0.5) is 0 Å². The molecule has 1 nitrogen and oxygen atoms in total. The summed E-state index contributed by atoms with van der Waals surface area (Å²) in [6, 6.07) is 10.2. The van der Waals surface area contributed by atoms with Gasteiger partial charge in [-0.15, -0.1) is 0 Å². The molecule has 0 aliphatic heterocycles. The summed E-state index contributed by atoms with van der Waals surface area (Å²) in [5.74, 6) is 0. The molecule has 72 valence electrons. The van der Waals surface area contributed by atoms with Gasteiger partial charge in [0.05, 0.1) is 6.10 Å². The second kappa shape index (κ2) is 3.93. The molecule has 1 aromatic rings. The molecule has 1 atom stereocenters. The van der Waals surface area contributed by atoms with Gasteiger partial charge in [0.15, 0.2) is 0 Å². The quantitative estimate of drug-likeness (QED) is 0.754. The fourth-order valence-corrected chi connectivity index (χ4v) is 1.57. The number of aliphatic hydroxyl groups excluding tert-OH is 1. The average Bonchev–Trinajstić information content (AvgIpc) is 2.18. The lowest BCUT2D eigenvalue weighted by Gasteiger charge is -2.30. The molecule has 0 aliphatic rings. The highest BCUT2D eigenvalue weighted by Crippen LogP contribution is 2.28. The predicted octanol–water partition coefficient (Wildman–Crippen LogP) is 2.74. The average molecular weight is 178 g/mol. The van der Waals surface area contributed by atoms with Crippen LogP contribution in [0.25, 0.3) is 0 Å². The highest BCUT2D eigenvalue weighted by Gasteiger charge is 2.27. The maximum absolute atomic E-state index is 9.84. The van der Waals surface area contributed by atoms with E-state index in [1.54, 1.807) is 0 Å². The Morgan fingerprint density at radius 1 is 1.23 bits per heavy atom. The Hall–Kier alpha value is -0.820. The molecule has 0 saturated heterocycles. The number of hydrogen-bond donors (Lipinski definition) is 1. The summed E-state index contributed by atoms with van der Waals surface area (Å²) in [6.45, 7) is 6.17. The van der Waals surface area contributed by atoms with Gasteiger partial charge in [0.25, 0.3) is 0 Å². The molecule has 0 bridgehead atoms. The van der Waals surface area contributed by atoms with E-state index in [0.717, 1.165) is 6.42 Å². The van der Waals surface area contributed by atoms with Crippen molar-refractivity contribution >= 4 is 0 Å². The number of rotatable bonds is 3. The summed E-state index contributed by atoms with van der Waals surface area (Å²) >= 11 is 0. The maximum Gasteiger partial charge on any atom is 0.0628 e. The second-order valence-electron chi connectivity index (χ2n) is 4.01. The van der Waals surface area contributed by atoms with Crippen LogP contribution >= 0.6 is 0 Å². The van der Waals surface area contributed by atoms with Gasteiger partial charge in [-0.1, -0.05) is 51.1 Å². The summed E-state index contributed by atoms with van der Waals surface area (Å²) < 4.78 is 0. The molecular formula is C12H18O. The summed E-state index contributed by atoms with van der Waals surface area (Å²) in [5, 5.41) is 9.84. The molecule has 0 radical (unpaired) electrons. The van der Waals surface area contributed by atoms with E-state index in [1.807, 2.05) is 25.1 Å². The van der Waals surface area contributed by atoms with E-state index in [1.165, 1.54) is 5.56 Å². The minimum Gasteiger partial charge on any atom is -0.392 e. The van der Waals surface area contributed by atoms with E-state index < -0.39 is 0 Å². The summed E-state index contributed by atoms with van der Waals surface area (Å²) in [6.07, 6.45) is 0.525. The van der Waals surface area contributed by atoms with Crippen LogP contribution in [-0.2, 0) is 5.41 Å². The zero-order valence-electron chi connectivity index (χ0n) is 8.62. The van der Waals surface area contributed by atoms with Gasteiger partial charge in [-0.2, -0.15) is 0 Å². The Bertz CT molecular complexity index is 251. The molecule has 0 heterocycles. The van der Waals surface area contributed by atoms with Gasteiger partial charge in [0.1, 0.15) is 0 Å². The Kier molecular flexibility index (Phi) is 3.10. The van der Waals surface area contributed by atoms with E-state index in [9.17, 15) is 5.11 Å². The first kappa shape index (κ1) is 10.3. The minimum absolute atomic E-state index is 0.143. The van der Waals surface area contributed by atoms with E-state index in [4.69, 9.17) is 0 Å². The van der Waals surface area contributed by atoms with Crippen LogP contribution in [0.3, 0.4) is 0 Å². The molecule has 0 fully saturated rings. The van der Waals surface area contributed by atoms with Gasteiger partial charge >= 0.3 is 0 Å². The van der Waals surface area contributed by atoms with Crippen LogP contribution in [0.1, 0.15) is 32.8 Å². The minimum atomic E-state index is -0.269. The fourth-order valence-electron chi connectivity index (χ4n) is 1.57. The zero-order chi connectivity index (χ0) is 9.90. The first-order valence-corrected chi connectivity index (χ1v) is 4.82. The normalized spacial score (nSPS) is 14.2. The molecule has 0 spiro atoms. The van der Waals surface area contributed by atoms with Crippen LogP contribution in [0.2, 0.25) is 0 Å². The molecule has 0 aromatic heterocycles. The largest absolute Gasteiger partial charge is 0.392 e. The van der Waals surface area contributed by atoms with E-state index in [2.05, 4.69) is 26.0 Å². The van der Waals surface area contributed by atoms with Gasteiger partial charge < -0.3 is 5.11 Å².